The predicted molar refractivity (Wildman–Crippen MR) is 118 cm³/mol. The van der Waals surface area contributed by atoms with Crippen LogP contribution < -0.4 is 27.0 Å². The van der Waals surface area contributed by atoms with Gasteiger partial charge in [0.05, 0.1) is 6.04 Å². The Bertz CT molecular complexity index is 748. The van der Waals surface area contributed by atoms with E-state index in [1.807, 2.05) is 31.2 Å². The summed E-state index contributed by atoms with van der Waals surface area (Å²) in [5.74, 6) is -0.296. The van der Waals surface area contributed by atoms with E-state index in [9.17, 15) is 14.4 Å². The second-order valence-corrected chi connectivity index (χ2v) is 8.72. The number of carbonyl (C=O) groups is 3. The van der Waals surface area contributed by atoms with E-state index >= 15 is 0 Å². The van der Waals surface area contributed by atoms with Crippen LogP contribution in [0.2, 0.25) is 0 Å². The number of hydrogen-bond donors (Lipinski definition) is 5. The van der Waals surface area contributed by atoms with E-state index in [0.717, 1.165) is 12.8 Å². The molecule has 6 N–H and O–H groups in total. The minimum absolute atomic E-state index is 0.119. The normalized spacial score (nSPS) is 20.9. The largest absolute Gasteiger partial charge is 0.352 e. The molecule has 1 fully saturated rings. The number of rotatable bonds is 9. The molecule has 0 aliphatic carbocycles. The lowest BCUT2D eigenvalue weighted by atomic mass is 9.95. The molecule has 0 spiro atoms. The van der Waals surface area contributed by atoms with Crippen molar-refractivity contribution < 1.29 is 14.4 Å². The zero-order valence-corrected chi connectivity index (χ0v) is 18.4. The average molecular weight is 418 g/mol. The lowest BCUT2D eigenvalue weighted by molar-refractivity contribution is -0.128. The highest BCUT2D eigenvalue weighted by molar-refractivity contribution is 5.98. The fourth-order valence-electron chi connectivity index (χ4n) is 3.97. The Morgan fingerprint density at radius 2 is 1.90 bits per heavy atom. The number of benzene rings is 1. The Morgan fingerprint density at radius 1 is 1.23 bits per heavy atom. The van der Waals surface area contributed by atoms with E-state index < -0.39 is 12.1 Å². The number of hydrogen-bond acceptors (Lipinski definition) is 4. The number of anilines is 1. The molecule has 1 aromatic carbocycles. The second-order valence-electron chi connectivity index (χ2n) is 8.72. The summed E-state index contributed by atoms with van der Waals surface area (Å²) < 4.78 is 0. The molecule has 1 aliphatic rings. The summed E-state index contributed by atoms with van der Waals surface area (Å²) in [6, 6.07) is 5.97. The number of nitrogens with two attached hydrogens (primary N) is 1. The molecular weight excluding hydrogens is 382 g/mol. The number of primary amides is 1. The van der Waals surface area contributed by atoms with Gasteiger partial charge in [-0.3, -0.25) is 9.59 Å². The third-order valence-electron chi connectivity index (χ3n) is 5.46. The smallest absolute Gasteiger partial charge is 0.312 e. The summed E-state index contributed by atoms with van der Waals surface area (Å²) in [4.78, 5) is 36.7. The molecule has 8 heteroatoms. The lowest BCUT2D eigenvalue weighted by Gasteiger charge is -2.24. The van der Waals surface area contributed by atoms with Crippen molar-refractivity contribution in [2.24, 2.45) is 11.7 Å². The van der Waals surface area contributed by atoms with Gasteiger partial charge in [-0.15, -0.1) is 0 Å². The first-order valence-corrected chi connectivity index (χ1v) is 10.6. The van der Waals surface area contributed by atoms with Crippen molar-refractivity contribution >= 4 is 23.5 Å². The highest BCUT2D eigenvalue weighted by Gasteiger charge is 2.40. The lowest BCUT2D eigenvalue weighted by Crippen LogP contribution is -2.53. The van der Waals surface area contributed by atoms with Gasteiger partial charge in [-0.1, -0.05) is 26.0 Å². The van der Waals surface area contributed by atoms with Crippen LogP contribution in [0.4, 0.5) is 10.5 Å². The first kappa shape index (κ1) is 23.7. The molecule has 3 atom stereocenters. The van der Waals surface area contributed by atoms with Gasteiger partial charge in [0.15, 0.2) is 0 Å². The monoisotopic (exact) mass is 417 g/mol. The Labute approximate surface area is 178 Å². The van der Waals surface area contributed by atoms with Gasteiger partial charge in [0, 0.05) is 17.8 Å². The Balaban J connectivity index is 2.03. The fourth-order valence-corrected chi connectivity index (χ4v) is 3.97. The van der Waals surface area contributed by atoms with Crippen molar-refractivity contribution in [3.8, 4) is 0 Å². The van der Waals surface area contributed by atoms with Crippen molar-refractivity contribution in [3.05, 3.63) is 29.8 Å². The molecule has 1 heterocycles. The molecule has 0 radical (unpaired) electrons. The summed E-state index contributed by atoms with van der Waals surface area (Å²) >= 11 is 0. The second kappa shape index (κ2) is 10.4. The number of carbonyl (C=O) groups excluding carboxylic acids is 3. The van der Waals surface area contributed by atoms with Crippen LogP contribution in [0.3, 0.4) is 0 Å². The summed E-state index contributed by atoms with van der Waals surface area (Å²) in [5, 5.41) is 11.6. The Kier molecular flexibility index (Phi) is 8.23. The van der Waals surface area contributed by atoms with Crippen molar-refractivity contribution in [3.63, 3.8) is 0 Å². The van der Waals surface area contributed by atoms with Gasteiger partial charge in [0.1, 0.15) is 6.04 Å². The minimum Gasteiger partial charge on any atom is -0.352 e. The molecule has 0 saturated carbocycles. The predicted octanol–water partition coefficient (Wildman–Crippen LogP) is 1.90. The van der Waals surface area contributed by atoms with Crippen molar-refractivity contribution in [2.45, 2.75) is 71.0 Å². The van der Waals surface area contributed by atoms with Gasteiger partial charge in [-0.25, -0.2) is 4.79 Å². The molecule has 4 amide bonds. The maximum atomic E-state index is 12.9. The van der Waals surface area contributed by atoms with Crippen molar-refractivity contribution in [1.29, 1.82) is 0 Å². The molecule has 2 unspecified atom stereocenters. The topological polar surface area (TPSA) is 125 Å². The number of urea groups is 1. The molecule has 1 saturated heterocycles. The van der Waals surface area contributed by atoms with E-state index in [4.69, 9.17) is 5.73 Å². The van der Waals surface area contributed by atoms with E-state index in [1.165, 1.54) is 5.56 Å². The van der Waals surface area contributed by atoms with Gasteiger partial charge in [-0.2, -0.15) is 0 Å². The highest BCUT2D eigenvalue weighted by atomic mass is 16.2. The first-order chi connectivity index (χ1) is 14.1. The molecule has 2 rings (SSSR count). The maximum absolute atomic E-state index is 12.9. The number of aryl methyl sites for hydroxylation is 1. The SMILES string of the molecule is CCc1ccc(NC(=O)[C@H](CCCNC(N)=O)NC(=O)C2NC(C)(C)CC2C)cc1. The molecular formula is C22H35N5O3. The zero-order chi connectivity index (χ0) is 22.3. The summed E-state index contributed by atoms with van der Waals surface area (Å²) in [6.45, 7) is 8.57. The number of nitrogens with one attached hydrogen (secondary N) is 4. The first-order valence-electron chi connectivity index (χ1n) is 10.6. The van der Waals surface area contributed by atoms with E-state index in [1.54, 1.807) is 0 Å². The third-order valence-corrected chi connectivity index (χ3v) is 5.46. The van der Waals surface area contributed by atoms with Crippen LogP contribution in [-0.2, 0) is 16.0 Å². The molecule has 30 heavy (non-hydrogen) atoms. The molecule has 166 valence electrons. The molecule has 1 aromatic rings. The Hall–Kier alpha value is -2.61. The summed E-state index contributed by atoms with van der Waals surface area (Å²) in [7, 11) is 0. The Morgan fingerprint density at radius 3 is 2.43 bits per heavy atom. The fraction of sp³-hybridized carbons (Fsp3) is 0.591. The summed E-state index contributed by atoms with van der Waals surface area (Å²) in [5.41, 5.74) is 6.83. The van der Waals surface area contributed by atoms with Crippen molar-refractivity contribution in [1.82, 2.24) is 16.0 Å². The van der Waals surface area contributed by atoms with Crippen molar-refractivity contribution in [2.75, 3.05) is 11.9 Å². The maximum Gasteiger partial charge on any atom is 0.312 e. The van der Waals surface area contributed by atoms with Gasteiger partial charge in [0.25, 0.3) is 0 Å². The van der Waals surface area contributed by atoms with Gasteiger partial charge in [-0.05, 0) is 63.1 Å². The molecule has 1 aliphatic heterocycles. The quantitative estimate of drug-likeness (QED) is 0.393. The van der Waals surface area contributed by atoms with Gasteiger partial charge < -0.3 is 27.0 Å². The van der Waals surface area contributed by atoms with Crippen LogP contribution >= 0.6 is 0 Å². The highest BCUT2D eigenvalue weighted by Crippen LogP contribution is 2.28. The van der Waals surface area contributed by atoms with E-state index in [0.29, 0.717) is 25.1 Å². The van der Waals surface area contributed by atoms with Crippen LogP contribution in [0.1, 0.15) is 52.5 Å². The third kappa shape index (κ3) is 7.02. The van der Waals surface area contributed by atoms with Crippen LogP contribution in [-0.4, -0.2) is 42.0 Å². The van der Waals surface area contributed by atoms with Crippen LogP contribution in [0, 0.1) is 5.92 Å². The standard InChI is InChI=1S/C22H35N5O3/c1-5-15-8-10-16(11-9-15)25-19(28)17(7-6-12-24-21(23)30)26-20(29)18-14(2)13-22(3,4)27-18/h8-11,14,17-18,27H,5-7,12-13H2,1-4H3,(H,25,28)(H,26,29)(H3,23,24,30)/t14?,17-,18?/m0/s1. The molecule has 0 aromatic heterocycles. The average Bonchev–Trinajstić information content (AvgIpc) is 2.96. The van der Waals surface area contributed by atoms with Crippen LogP contribution in [0.5, 0.6) is 0 Å². The van der Waals surface area contributed by atoms with Crippen LogP contribution in [0.15, 0.2) is 24.3 Å². The zero-order valence-electron chi connectivity index (χ0n) is 18.4. The van der Waals surface area contributed by atoms with E-state index in [-0.39, 0.29) is 29.3 Å². The number of amides is 4. The molecule has 8 nitrogen and oxygen atoms in total. The van der Waals surface area contributed by atoms with Gasteiger partial charge in [0.2, 0.25) is 11.8 Å². The minimum atomic E-state index is -0.712. The van der Waals surface area contributed by atoms with Gasteiger partial charge >= 0.3 is 6.03 Å². The summed E-state index contributed by atoms with van der Waals surface area (Å²) in [6.07, 6.45) is 2.70. The van der Waals surface area contributed by atoms with Crippen LogP contribution in [0.25, 0.3) is 0 Å². The van der Waals surface area contributed by atoms with E-state index in [2.05, 4.69) is 42.0 Å². The molecule has 0 bridgehead atoms.